The number of nitrogens with zero attached hydrogens (tertiary/aromatic N) is 1. The largest absolute Gasteiger partial charge is 0.469 e. The van der Waals surface area contributed by atoms with E-state index in [1.165, 1.54) is 7.11 Å². The molecule has 1 aromatic carbocycles. The fourth-order valence-electron chi connectivity index (χ4n) is 1.70. The van der Waals surface area contributed by atoms with Crippen molar-refractivity contribution >= 4 is 5.97 Å². The molecule has 0 aliphatic rings. The minimum Gasteiger partial charge on any atom is -0.469 e. The number of hydrogen-bond donors (Lipinski definition) is 1. The average molecular weight is 273 g/mol. The molecule has 0 saturated heterocycles. The van der Waals surface area contributed by atoms with Crippen LogP contribution in [0.15, 0.2) is 42.6 Å². The lowest BCUT2D eigenvalue weighted by Gasteiger charge is -2.09. The summed E-state index contributed by atoms with van der Waals surface area (Å²) >= 11 is 0. The van der Waals surface area contributed by atoms with Crippen LogP contribution in [0.4, 0.5) is 0 Å². The van der Waals surface area contributed by atoms with Gasteiger partial charge in [-0.05, 0) is 23.8 Å². The van der Waals surface area contributed by atoms with Crippen LogP contribution in [0, 0.1) is 0 Å². The zero-order valence-corrected chi connectivity index (χ0v) is 11.1. The third-order valence-corrected chi connectivity index (χ3v) is 2.71. The number of hydrogen-bond acceptors (Lipinski definition) is 5. The molecule has 0 radical (unpaired) electrons. The van der Waals surface area contributed by atoms with Crippen molar-refractivity contribution in [3.63, 3.8) is 0 Å². The van der Waals surface area contributed by atoms with Crippen molar-refractivity contribution in [2.75, 3.05) is 7.11 Å². The molecule has 0 aliphatic heterocycles. The second-order valence-electron chi connectivity index (χ2n) is 4.13. The first-order chi connectivity index (χ1) is 9.72. The zero-order valence-electron chi connectivity index (χ0n) is 11.1. The maximum Gasteiger partial charge on any atom is 0.310 e. The highest BCUT2D eigenvalue weighted by molar-refractivity contribution is 5.73. The van der Waals surface area contributed by atoms with Crippen molar-refractivity contribution < 1.29 is 19.4 Å². The minimum atomic E-state index is -0.355. The summed E-state index contributed by atoms with van der Waals surface area (Å²) in [6.45, 7) is -0.0611. The Morgan fingerprint density at radius 3 is 2.90 bits per heavy atom. The van der Waals surface area contributed by atoms with Gasteiger partial charge in [0.15, 0.2) is 0 Å². The lowest BCUT2D eigenvalue weighted by atomic mass is 10.2. The summed E-state index contributed by atoms with van der Waals surface area (Å²) in [6, 6.07) is 10.5. The Bertz CT molecular complexity index is 598. The number of aromatic nitrogens is 1. The highest BCUT2D eigenvalue weighted by Gasteiger charge is 2.11. The minimum absolute atomic E-state index is 0.0611. The van der Waals surface area contributed by atoms with E-state index in [1.54, 1.807) is 42.6 Å². The molecule has 0 amide bonds. The van der Waals surface area contributed by atoms with Gasteiger partial charge in [0, 0.05) is 11.8 Å². The van der Waals surface area contributed by atoms with Crippen molar-refractivity contribution in [1.29, 1.82) is 0 Å². The van der Waals surface area contributed by atoms with Gasteiger partial charge in [0.05, 0.1) is 20.1 Å². The predicted octanol–water partition coefficient (Wildman–Crippen LogP) is 2.08. The van der Waals surface area contributed by atoms with E-state index in [0.29, 0.717) is 17.2 Å². The molecule has 5 heteroatoms. The van der Waals surface area contributed by atoms with Crippen molar-refractivity contribution in [3.8, 4) is 11.6 Å². The molecule has 1 heterocycles. The van der Waals surface area contributed by atoms with Crippen LogP contribution in [0.2, 0.25) is 0 Å². The first kappa shape index (κ1) is 14.0. The summed E-state index contributed by atoms with van der Waals surface area (Å²) in [5.41, 5.74) is 1.39. The summed E-state index contributed by atoms with van der Waals surface area (Å²) in [5.74, 6) is 0.557. The van der Waals surface area contributed by atoms with Crippen molar-refractivity contribution in [3.05, 3.63) is 53.7 Å². The van der Waals surface area contributed by atoms with E-state index in [1.807, 2.05) is 0 Å². The molecule has 0 fully saturated rings. The molecule has 104 valence electrons. The quantitative estimate of drug-likeness (QED) is 0.845. The van der Waals surface area contributed by atoms with E-state index in [2.05, 4.69) is 9.72 Å². The maximum absolute atomic E-state index is 11.3. The maximum atomic E-state index is 11.3. The highest BCUT2D eigenvalue weighted by atomic mass is 16.5. The Morgan fingerprint density at radius 1 is 1.30 bits per heavy atom. The highest BCUT2D eigenvalue weighted by Crippen LogP contribution is 2.24. The molecule has 20 heavy (non-hydrogen) atoms. The van der Waals surface area contributed by atoms with E-state index < -0.39 is 0 Å². The summed E-state index contributed by atoms with van der Waals surface area (Å²) in [6.07, 6.45) is 1.69. The van der Waals surface area contributed by atoms with Crippen LogP contribution >= 0.6 is 0 Å². The predicted molar refractivity (Wildman–Crippen MR) is 72.4 cm³/mol. The second-order valence-corrected chi connectivity index (χ2v) is 4.13. The van der Waals surface area contributed by atoms with Gasteiger partial charge < -0.3 is 14.6 Å². The van der Waals surface area contributed by atoms with Gasteiger partial charge in [-0.25, -0.2) is 4.98 Å². The normalized spacial score (nSPS) is 10.1. The number of aliphatic hydroxyl groups excluding tert-OH is 1. The lowest BCUT2D eigenvalue weighted by molar-refractivity contribution is -0.139. The lowest BCUT2D eigenvalue weighted by Crippen LogP contribution is -2.06. The Labute approximate surface area is 116 Å². The third kappa shape index (κ3) is 3.55. The van der Waals surface area contributed by atoms with Crippen LogP contribution in [0.25, 0.3) is 0 Å². The number of benzene rings is 1. The van der Waals surface area contributed by atoms with Crippen LogP contribution in [-0.2, 0) is 22.6 Å². The smallest absolute Gasteiger partial charge is 0.310 e. The number of rotatable bonds is 5. The molecule has 2 aromatic rings. The fourth-order valence-corrected chi connectivity index (χ4v) is 1.70. The van der Waals surface area contributed by atoms with E-state index in [0.717, 1.165) is 5.56 Å². The number of aliphatic hydroxyl groups is 1. The van der Waals surface area contributed by atoms with Gasteiger partial charge in [0.25, 0.3) is 0 Å². The molecule has 1 aromatic heterocycles. The molecule has 0 bridgehead atoms. The standard InChI is InChI=1S/C15H15NO4/c1-19-14(18)9-12-5-3-7-16-15(12)20-13-6-2-4-11(8-13)10-17/h2-8,17H,9-10H2,1H3. The average Bonchev–Trinajstić information content (AvgIpc) is 2.49. The fraction of sp³-hybridized carbons (Fsp3) is 0.200. The molecule has 0 saturated carbocycles. The van der Waals surface area contributed by atoms with Crippen molar-refractivity contribution in [2.45, 2.75) is 13.0 Å². The molecule has 0 spiro atoms. The number of methoxy groups -OCH3 is 1. The van der Waals surface area contributed by atoms with Gasteiger partial charge in [0.1, 0.15) is 5.75 Å². The first-order valence-electron chi connectivity index (χ1n) is 6.11. The van der Waals surface area contributed by atoms with E-state index in [9.17, 15) is 4.79 Å². The van der Waals surface area contributed by atoms with E-state index in [-0.39, 0.29) is 19.0 Å². The Morgan fingerprint density at radius 2 is 2.15 bits per heavy atom. The Hall–Kier alpha value is -2.40. The van der Waals surface area contributed by atoms with Crippen molar-refractivity contribution in [1.82, 2.24) is 4.98 Å². The molecule has 0 atom stereocenters. The van der Waals surface area contributed by atoms with Crippen LogP contribution < -0.4 is 4.74 Å². The second kappa shape index (κ2) is 6.68. The van der Waals surface area contributed by atoms with Crippen LogP contribution in [-0.4, -0.2) is 23.2 Å². The molecule has 2 rings (SSSR count). The number of carbonyl (C=O) groups excluding carboxylic acids is 1. The molecular formula is C15H15NO4. The first-order valence-corrected chi connectivity index (χ1v) is 6.11. The van der Waals surface area contributed by atoms with Gasteiger partial charge >= 0.3 is 5.97 Å². The van der Waals surface area contributed by atoms with Gasteiger partial charge in [-0.1, -0.05) is 18.2 Å². The molecule has 0 unspecified atom stereocenters. The molecular weight excluding hydrogens is 258 g/mol. The number of pyridine rings is 1. The van der Waals surface area contributed by atoms with Gasteiger partial charge in [-0.15, -0.1) is 0 Å². The number of carbonyl (C=O) groups is 1. The molecule has 1 N–H and O–H groups in total. The zero-order chi connectivity index (χ0) is 14.4. The van der Waals surface area contributed by atoms with E-state index in [4.69, 9.17) is 9.84 Å². The topological polar surface area (TPSA) is 68.7 Å². The van der Waals surface area contributed by atoms with Gasteiger partial charge in [0.2, 0.25) is 5.88 Å². The van der Waals surface area contributed by atoms with Crippen LogP contribution in [0.1, 0.15) is 11.1 Å². The summed E-state index contributed by atoms with van der Waals surface area (Å²) < 4.78 is 10.3. The van der Waals surface area contributed by atoms with Crippen LogP contribution in [0.5, 0.6) is 11.6 Å². The number of ether oxygens (including phenoxy) is 2. The Balaban J connectivity index is 2.22. The summed E-state index contributed by atoms with van der Waals surface area (Å²) in [4.78, 5) is 15.5. The molecule has 0 aliphatic carbocycles. The molecule has 5 nitrogen and oxygen atoms in total. The van der Waals surface area contributed by atoms with Crippen molar-refractivity contribution in [2.24, 2.45) is 0 Å². The van der Waals surface area contributed by atoms with Gasteiger partial charge in [-0.2, -0.15) is 0 Å². The van der Waals surface area contributed by atoms with Gasteiger partial charge in [-0.3, -0.25) is 4.79 Å². The van der Waals surface area contributed by atoms with E-state index >= 15 is 0 Å². The number of esters is 1. The summed E-state index contributed by atoms with van der Waals surface area (Å²) in [5, 5.41) is 9.10. The van der Waals surface area contributed by atoms with Crippen LogP contribution in [0.3, 0.4) is 0 Å². The monoisotopic (exact) mass is 273 g/mol. The summed E-state index contributed by atoms with van der Waals surface area (Å²) in [7, 11) is 1.34. The Kier molecular flexibility index (Phi) is 4.68. The SMILES string of the molecule is COC(=O)Cc1cccnc1Oc1cccc(CO)c1. The third-order valence-electron chi connectivity index (χ3n) is 2.71.